The summed E-state index contributed by atoms with van der Waals surface area (Å²) < 4.78 is 13.3. The summed E-state index contributed by atoms with van der Waals surface area (Å²) in [6.07, 6.45) is 0. The topological polar surface area (TPSA) is 41.1 Å². The number of benzene rings is 1. The minimum atomic E-state index is -0.416. The first kappa shape index (κ1) is 15.9. The van der Waals surface area contributed by atoms with Gasteiger partial charge in [-0.05, 0) is 24.6 Å². The summed E-state index contributed by atoms with van der Waals surface area (Å²) in [7, 11) is 0. The van der Waals surface area contributed by atoms with Crippen LogP contribution in [0.4, 0.5) is 4.39 Å². The van der Waals surface area contributed by atoms with Crippen LogP contribution in [0, 0.1) is 11.7 Å². The second kappa shape index (κ2) is 7.46. The molecule has 0 bridgehead atoms. The Morgan fingerprint density at radius 1 is 1.32 bits per heavy atom. The Balaban J connectivity index is 2.37. The van der Waals surface area contributed by atoms with Gasteiger partial charge in [-0.1, -0.05) is 31.5 Å². The number of rotatable bonds is 6. The van der Waals surface area contributed by atoms with E-state index in [1.807, 2.05) is 20.8 Å². The van der Waals surface area contributed by atoms with E-state index in [-0.39, 0.29) is 22.9 Å². The maximum Gasteiger partial charge on any atom is 0.222 e. The Morgan fingerprint density at radius 2 is 2.00 bits per heavy atom. The van der Waals surface area contributed by atoms with Crippen molar-refractivity contribution < 1.29 is 9.18 Å². The van der Waals surface area contributed by atoms with E-state index in [9.17, 15) is 9.18 Å². The van der Waals surface area contributed by atoms with Crippen molar-refractivity contribution in [3.05, 3.63) is 34.6 Å². The number of halogens is 2. The molecule has 2 N–H and O–H groups in total. The first-order valence-corrected chi connectivity index (χ1v) is 6.75. The van der Waals surface area contributed by atoms with Crippen LogP contribution in [0.2, 0.25) is 5.02 Å². The molecule has 0 aliphatic rings. The van der Waals surface area contributed by atoms with Crippen molar-refractivity contribution in [3.8, 4) is 0 Å². The van der Waals surface area contributed by atoms with Gasteiger partial charge in [0.15, 0.2) is 0 Å². The van der Waals surface area contributed by atoms with Crippen LogP contribution in [0.5, 0.6) is 0 Å². The van der Waals surface area contributed by atoms with E-state index in [2.05, 4.69) is 10.6 Å². The largest absolute Gasteiger partial charge is 0.355 e. The minimum absolute atomic E-state index is 0.00252. The fraction of sp³-hybridized carbons (Fsp3) is 0.500. The molecule has 1 unspecified atom stereocenters. The van der Waals surface area contributed by atoms with E-state index in [4.69, 9.17) is 11.6 Å². The molecule has 0 aliphatic carbocycles. The molecule has 0 aliphatic heterocycles. The van der Waals surface area contributed by atoms with Gasteiger partial charge in [-0.3, -0.25) is 4.79 Å². The molecular formula is C14H20ClFN2O. The van der Waals surface area contributed by atoms with Crippen LogP contribution in [0.1, 0.15) is 32.4 Å². The molecule has 0 heterocycles. The molecule has 1 rings (SSSR count). The normalized spacial score (nSPS) is 12.5. The lowest BCUT2D eigenvalue weighted by molar-refractivity contribution is -0.123. The van der Waals surface area contributed by atoms with Crippen molar-refractivity contribution in [2.75, 3.05) is 13.1 Å². The molecule has 0 fully saturated rings. The van der Waals surface area contributed by atoms with Crippen LogP contribution in [0.15, 0.2) is 18.2 Å². The Morgan fingerprint density at radius 3 is 2.58 bits per heavy atom. The lowest BCUT2D eigenvalue weighted by atomic mass is 10.1. The van der Waals surface area contributed by atoms with E-state index in [0.717, 1.165) is 5.56 Å². The van der Waals surface area contributed by atoms with Gasteiger partial charge >= 0.3 is 0 Å². The molecule has 0 saturated carbocycles. The van der Waals surface area contributed by atoms with E-state index in [0.29, 0.717) is 13.1 Å². The first-order valence-electron chi connectivity index (χ1n) is 6.38. The molecule has 19 heavy (non-hydrogen) atoms. The predicted octanol–water partition coefficient (Wildman–Crippen LogP) is 2.90. The molecule has 0 saturated heterocycles. The number of hydrogen-bond acceptors (Lipinski definition) is 2. The van der Waals surface area contributed by atoms with Crippen LogP contribution in [0.3, 0.4) is 0 Å². The van der Waals surface area contributed by atoms with Crippen LogP contribution in [0.25, 0.3) is 0 Å². The van der Waals surface area contributed by atoms with E-state index >= 15 is 0 Å². The maximum atomic E-state index is 13.3. The van der Waals surface area contributed by atoms with Gasteiger partial charge in [0.25, 0.3) is 0 Å². The van der Waals surface area contributed by atoms with Crippen molar-refractivity contribution in [1.82, 2.24) is 10.6 Å². The Kier molecular flexibility index (Phi) is 6.25. The Hall–Kier alpha value is -1.13. The van der Waals surface area contributed by atoms with Crippen LogP contribution >= 0.6 is 11.6 Å². The molecule has 5 heteroatoms. The predicted molar refractivity (Wildman–Crippen MR) is 75.7 cm³/mol. The Bertz CT molecular complexity index is 437. The van der Waals surface area contributed by atoms with Gasteiger partial charge in [0.1, 0.15) is 5.82 Å². The highest BCUT2D eigenvalue weighted by atomic mass is 35.5. The van der Waals surface area contributed by atoms with Crippen LogP contribution in [-0.4, -0.2) is 19.0 Å². The minimum Gasteiger partial charge on any atom is -0.355 e. The molecule has 0 spiro atoms. The third-order valence-electron chi connectivity index (χ3n) is 2.84. The van der Waals surface area contributed by atoms with Crippen LogP contribution < -0.4 is 10.6 Å². The molecular weight excluding hydrogens is 267 g/mol. The van der Waals surface area contributed by atoms with Crippen molar-refractivity contribution in [1.29, 1.82) is 0 Å². The van der Waals surface area contributed by atoms with Crippen molar-refractivity contribution >= 4 is 17.5 Å². The average Bonchev–Trinajstić information content (AvgIpc) is 2.37. The maximum absolute atomic E-state index is 13.3. The second-order valence-electron chi connectivity index (χ2n) is 4.80. The molecule has 3 nitrogen and oxygen atoms in total. The molecule has 0 aromatic heterocycles. The first-order chi connectivity index (χ1) is 8.91. The third kappa shape index (κ3) is 5.17. The van der Waals surface area contributed by atoms with Gasteiger partial charge in [-0.25, -0.2) is 4.39 Å². The number of hydrogen-bond donors (Lipinski definition) is 2. The quantitative estimate of drug-likeness (QED) is 0.790. The summed E-state index contributed by atoms with van der Waals surface area (Å²) in [4.78, 5) is 11.3. The second-order valence-corrected chi connectivity index (χ2v) is 5.20. The zero-order chi connectivity index (χ0) is 14.4. The highest BCUT2D eigenvalue weighted by molar-refractivity contribution is 6.30. The van der Waals surface area contributed by atoms with Crippen molar-refractivity contribution in [2.45, 2.75) is 26.8 Å². The van der Waals surface area contributed by atoms with E-state index in [1.165, 1.54) is 6.07 Å². The van der Waals surface area contributed by atoms with Gasteiger partial charge in [0.05, 0.1) is 5.02 Å². The average molecular weight is 287 g/mol. The summed E-state index contributed by atoms with van der Waals surface area (Å²) >= 11 is 5.63. The lowest BCUT2D eigenvalue weighted by Crippen LogP contribution is -2.35. The number of carbonyl (C=O) groups is 1. The Labute approximate surface area is 118 Å². The van der Waals surface area contributed by atoms with E-state index < -0.39 is 5.82 Å². The zero-order valence-electron chi connectivity index (χ0n) is 11.5. The molecule has 1 aromatic rings. The standard InChI is InChI=1S/C14H20ClFN2O/c1-9(2)14(19)18-7-6-17-10(3)11-4-5-12(15)13(16)8-11/h4-5,8-10,17H,6-7H2,1-3H3,(H,18,19). The number of nitrogens with one attached hydrogen (secondary N) is 2. The summed E-state index contributed by atoms with van der Waals surface area (Å²) in [5.41, 5.74) is 0.831. The molecule has 1 atom stereocenters. The summed E-state index contributed by atoms with van der Waals surface area (Å²) in [5, 5.41) is 6.15. The fourth-order valence-electron chi connectivity index (χ4n) is 1.58. The molecule has 1 aromatic carbocycles. The van der Waals surface area contributed by atoms with Crippen molar-refractivity contribution in [2.24, 2.45) is 5.92 Å². The highest BCUT2D eigenvalue weighted by Gasteiger charge is 2.09. The number of amides is 1. The van der Waals surface area contributed by atoms with E-state index in [1.54, 1.807) is 12.1 Å². The van der Waals surface area contributed by atoms with Crippen molar-refractivity contribution in [3.63, 3.8) is 0 Å². The van der Waals surface area contributed by atoms with Gasteiger partial charge in [-0.2, -0.15) is 0 Å². The fourth-order valence-corrected chi connectivity index (χ4v) is 1.70. The van der Waals surface area contributed by atoms with Crippen LogP contribution in [-0.2, 0) is 4.79 Å². The van der Waals surface area contributed by atoms with Gasteiger partial charge < -0.3 is 10.6 Å². The summed E-state index contributed by atoms with van der Waals surface area (Å²) in [6, 6.07) is 4.76. The highest BCUT2D eigenvalue weighted by Crippen LogP contribution is 2.19. The van der Waals surface area contributed by atoms with Gasteiger partial charge in [0.2, 0.25) is 5.91 Å². The SMILES string of the molecule is CC(C)C(=O)NCCNC(C)c1ccc(Cl)c(F)c1. The zero-order valence-corrected chi connectivity index (χ0v) is 12.2. The molecule has 0 radical (unpaired) electrons. The lowest BCUT2D eigenvalue weighted by Gasteiger charge is -2.15. The van der Waals surface area contributed by atoms with Gasteiger partial charge in [0, 0.05) is 25.0 Å². The smallest absolute Gasteiger partial charge is 0.222 e. The third-order valence-corrected chi connectivity index (χ3v) is 3.15. The molecule has 1 amide bonds. The van der Waals surface area contributed by atoms with Gasteiger partial charge in [-0.15, -0.1) is 0 Å². The monoisotopic (exact) mass is 286 g/mol. The molecule has 106 valence electrons. The number of carbonyl (C=O) groups excluding carboxylic acids is 1. The summed E-state index contributed by atoms with van der Waals surface area (Å²) in [6.45, 7) is 6.82. The summed E-state index contributed by atoms with van der Waals surface area (Å²) in [5.74, 6) is -0.393.